The summed E-state index contributed by atoms with van der Waals surface area (Å²) in [6, 6.07) is 11.1. The molecule has 0 aliphatic carbocycles. The number of ether oxygens (including phenoxy) is 1. The molecule has 8 nitrogen and oxygen atoms in total. The van der Waals surface area contributed by atoms with Crippen LogP contribution in [0.4, 0.5) is 11.4 Å². The van der Waals surface area contributed by atoms with Gasteiger partial charge in [-0.3, -0.25) is 14.4 Å². The van der Waals surface area contributed by atoms with Crippen LogP contribution in [0.15, 0.2) is 42.5 Å². The zero-order valence-corrected chi connectivity index (χ0v) is 27.3. The van der Waals surface area contributed by atoms with Crippen LogP contribution in [0.2, 0.25) is 5.02 Å². The summed E-state index contributed by atoms with van der Waals surface area (Å²) in [6.45, 7) is 8.07. The fourth-order valence-electron chi connectivity index (χ4n) is 6.89. The highest BCUT2D eigenvalue weighted by Gasteiger charge is 2.76. The van der Waals surface area contributed by atoms with Gasteiger partial charge < -0.3 is 25.4 Å². The van der Waals surface area contributed by atoms with Gasteiger partial charge in [-0.25, -0.2) is 0 Å². The number of alkyl halides is 1. The molecule has 0 saturated carbocycles. The second kappa shape index (κ2) is 12.4. The van der Waals surface area contributed by atoms with Gasteiger partial charge in [0.05, 0.1) is 46.5 Å². The van der Waals surface area contributed by atoms with Gasteiger partial charge in [0.1, 0.15) is 11.8 Å². The largest absolute Gasteiger partial charge is 0.494 e. The number of carbonyl (C=O) groups is 3. The van der Waals surface area contributed by atoms with Crippen LogP contribution < -0.4 is 15.4 Å². The number of nitrogens with zero attached hydrogens (tertiary/aromatic N) is 1. The molecular weight excluding hydrogens is 642 g/mol. The first-order chi connectivity index (χ1) is 20.0. The zero-order valence-electron chi connectivity index (χ0n) is 24.1. The first-order valence-corrected chi connectivity index (χ1v) is 16.5. The summed E-state index contributed by atoms with van der Waals surface area (Å²) in [5, 5.41) is 16.7. The van der Waals surface area contributed by atoms with E-state index in [1.54, 1.807) is 47.0 Å². The highest BCUT2D eigenvalue weighted by molar-refractivity contribution is 9.09. The lowest BCUT2D eigenvalue weighted by Crippen LogP contribution is -2.55. The molecule has 3 aliphatic heterocycles. The Kier molecular flexibility index (Phi) is 9.19. The van der Waals surface area contributed by atoms with Crippen molar-refractivity contribution in [1.82, 2.24) is 4.90 Å². The van der Waals surface area contributed by atoms with E-state index in [1.807, 2.05) is 39.8 Å². The predicted octanol–water partition coefficient (Wildman–Crippen LogP) is 5.50. The van der Waals surface area contributed by atoms with E-state index < -0.39 is 28.7 Å². The number of fused-ring (bicyclic) bond motifs is 1. The number of amides is 3. The van der Waals surface area contributed by atoms with Crippen molar-refractivity contribution in [3.8, 4) is 5.75 Å². The molecule has 3 saturated heterocycles. The maximum atomic E-state index is 14.4. The number of likely N-dealkylation sites (tertiary alicyclic amines) is 1. The third kappa shape index (κ3) is 5.44. The number of carbonyl (C=O) groups excluding carboxylic acids is 3. The number of thioether (sulfide) groups is 1. The molecule has 0 radical (unpaired) electrons. The molecule has 3 N–H and O–H groups in total. The van der Waals surface area contributed by atoms with Gasteiger partial charge in [0.2, 0.25) is 17.7 Å². The van der Waals surface area contributed by atoms with E-state index in [4.69, 9.17) is 16.3 Å². The lowest BCUT2D eigenvalue weighted by atomic mass is 9.70. The van der Waals surface area contributed by atoms with Gasteiger partial charge in [-0.05, 0) is 68.5 Å². The van der Waals surface area contributed by atoms with Crippen LogP contribution in [-0.2, 0) is 14.4 Å². The summed E-state index contributed by atoms with van der Waals surface area (Å²) in [5.41, 5.74) is 1.91. The fraction of sp³-hybridized carbons (Fsp3) is 0.516. The topological polar surface area (TPSA) is 108 Å². The van der Waals surface area contributed by atoms with Crippen molar-refractivity contribution in [2.75, 3.05) is 23.8 Å². The van der Waals surface area contributed by atoms with E-state index >= 15 is 0 Å². The second-order valence-electron chi connectivity index (χ2n) is 11.7. The smallest absolute Gasteiger partial charge is 0.248 e. The van der Waals surface area contributed by atoms with E-state index in [1.165, 1.54) is 0 Å². The number of halogens is 2. The Labute approximate surface area is 264 Å². The molecule has 2 aromatic carbocycles. The number of nitrogens with one attached hydrogen (secondary N) is 2. The van der Waals surface area contributed by atoms with Crippen molar-refractivity contribution in [3.63, 3.8) is 0 Å². The van der Waals surface area contributed by atoms with Crippen molar-refractivity contribution in [2.24, 2.45) is 17.8 Å². The average molecular weight is 679 g/mol. The zero-order chi connectivity index (χ0) is 30.3. The number of hydrogen-bond acceptors (Lipinski definition) is 6. The summed E-state index contributed by atoms with van der Waals surface area (Å²) in [4.78, 5) is 44.1. The third-order valence-corrected chi connectivity index (χ3v) is 12.1. The lowest BCUT2D eigenvalue weighted by molar-refractivity contribution is -0.141. The van der Waals surface area contributed by atoms with Gasteiger partial charge in [-0.15, -0.1) is 11.8 Å². The van der Waals surface area contributed by atoms with E-state index in [0.29, 0.717) is 41.6 Å². The highest BCUT2D eigenvalue weighted by atomic mass is 79.9. The molecule has 1 spiro atoms. The van der Waals surface area contributed by atoms with E-state index in [0.717, 1.165) is 5.56 Å². The molecule has 3 amide bonds. The van der Waals surface area contributed by atoms with Crippen LogP contribution in [0.5, 0.6) is 5.75 Å². The van der Waals surface area contributed by atoms with Crippen LogP contribution in [0.1, 0.15) is 39.2 Å². The Hall–Kier alpha value is -2.27. The minimum absolute atomic E-state index is 0.0717. The van der Waals surface area contributed by atoms with Gasteiger partial charge in [-0.2, -0.15) is 0 Å². The van der Waals surface area contributed by atoms with Crippen molar-refractivity contribution < 1.29 is 24.2 Å². The Morgan fingerprint density at radius 3 is 2.52 bits per heavy atom. The van der Waals surface area contributed by atoms with Crippen molar-refractivity contribution in [3.05, 3.63) is 53.1 Å². The van der Waals surface area contributed by atoms with Crippen LogP contribution in [0.25, 0.3) is 0 Å². The molecule has 42 heavy (non-hydrogen) atoms. The Balaban J connectivity index is 1.52. The molecule has 2 aromatic rings. The Morgan fingerprint density at radius 1 is 1.19 bits per heavy atom. The number of benzene rings is 2. The molecule has 226 valence electrons. The minimum Gasteiger partial charge on any atom is -0.494 e. The van der Waals surface area contributed by atoms with Gasteiger partial charge in [0, 0.05) is 15.8 Å². The SMILES string of the molecule is CCOc1ccc(NC(=O)[C@H]2[C@@H]3SC4(CC3Br)C(C(=O)Nc3c(C)cccc3Cl)N([C@@H](CO)CC(C)C)C(=O)[C@H]24)cc1. The maximum Gasteiger partial charge on any atom is 0.248 e. The molecule has 3 unspecified atom stereocenters. The summed E-state index contributed by atoms with van der Waals surface area (Å²) in [6.07, 6.45) is 1.07. The predicted molar refractivity (Wildman–Crippen MR) is 170 cm³/mol. The number of para-hydroxylation sites is 1. The van der Waals surface area contributed by atoms with Gasteiger partial charge >= 0.3 is 0 Å². The number of hydrogen-bond donors (Lipinski definition) is 3. The maximum absolute atomic E-state index is 14.4. The van der Waals surface area contributed by atoms with Crippen molar-refractivity contribution in [1.29, 1.82) is 0 Å². The number of rotatable bonds is 10. The van der Waals surface area contributed by atoms with Gasteiger partial charge in [0.15, 0.2) is 0 Å². The average Bonchev–Trinajstić information content (AvgIpc) is 3.54. The van der Waals surface area contributed by atoms with Crippen LogP contribution in [0.3, 0.4) is 0 Å². The number of aryl methyl sites for hydroxylation is 1. The summed E-state index contributed by atoms with van der Waals surface area (Å²) in [5.74, 6) is -1.37. The monoisotopic (exact) mass is 677 g/mol. The first-order valence-electron chi connectivity index (χ1n) is 14.4. The first kappa shape index (κ1) is 31.2. The second-order valence-corrected chi connectivity index (χ2v) is 14.9. The molecule has 2 bridgehead atoms. The summed E-state index contributed by atoms with van der Waals surface area (Å²) in [7, 11) is 0. The molecule has 11 heteroatoms. The van der Waals surface area contributed by atoms with Gasteiger partial charge in [0.25, 0.3) is 0 Å². The van der Waals surface area contributed by atoms with E-state index in [-0.39, 0.29) is 40.3 Å². The molecule has 3 heterocycles. The lowest BCUT2D eigenvalue weighted by Gasteiger charge is -2.38. The molecule has 0 aromatic heterocycles. The number of anilines is 2. The van der Waals surface area contributed by atoms with Crippen molar-refractivity contribution in [2.45, 2.75) is 67.4 Å². The summed E-state index contributed by atoms with van der Waals surface area (Å²) >= 11 is 11.8. The van der Waals surface area contributed by atoms with E-state index in [9.17, 15) is 19.5 Å². The van der Waals surface area contributed by atoms with E-state index in [2.05, 4.69) is 26.6 Å². The Bertz CT molecular complexity index is 1340. The molecule has 3 fully saturated rings. The highest BCUT2D eigenvalue weighted by Crippen LogP contribution is 2.68. The molecule has 3 aliphatic rings. The van der Waals surface area contributed by atoms with Crippen LogP contribution >= 0.6 is 39.3 Å². The number of aliphatic hydroxyl groups is 1. The fourth-order valence-corrected chi connectivity index (χ4v) is 10.8. The summed E-state index contributed by atoms with van der Waals surface area (Å²) < 4.78 is 4.67. The normalized spacial score (nSPS) is 28.6. The molecular formula is C31H37BrClN3O5S. The number of aliphatic hydroxyl groups excluding tert-OH is 1. The standard InChI is InChI=1S/C31H37BrClN3O5S/c1-5-41-20-11-9-18(10-12-20)34-28(38)23-24-30(40)36(19(15-37)13-16(2)3)27(31(24)14-21(32)26(23)42-31)29(39)35-25-17(4)7-6-8-22(25)33/h6-12,16,19,21,23-24,26-27,37H,5,13-15H2,1-4H3,(H,34,38)(H,35,39)/t19-,21?,23-,24+,26-,27?,31?/m1/s1. The molecule has 7 atom stereocenters. The van der Waals surface area contributed by atoms with Crippen LogP contribution in [-0.4, -0.2) is 67.8 Å². The van der Waals surface area contributed by atoms with Crippen LogP contribution in [0, 0.1) is 24.7 Å². The minimum atomic E-state index is -0.889. The quantitative estimate of drug-likeness (QED) is 0.287. The molecule has 5 rings (SSSR count). The van der Waals surface area contributed by atoms with Crippen molar-refractivity contribution >= 4 is 68.4 Å². The van der Waals surface area contributed by atoms with Gasteiger partial charge in [-0.1, -0.05) is 53.5 Å². The third-order valence-electron chi connectivity index (χ3n) is 8.53. The Morgan fingerprint density at radius 2 is 1.90 bits per heavy atom.